The molecule has 0 bridgehead atoms. The Hall–Kier alpha value is -0.280. The maximum Gasteiger partial charge on any atom is 0.240 e. The van der Waals surface area contributed by atoms with Crippen LogP contribution in [0, 0.1) is 0 Å². The van der Waals surface area contributed by atoms with Gasteiger partial charge in [-0.2, -0.15) is 0 Å². The summed E-state index contributed by atoms with van der Waals surface area (Å²) in [5, 5.41) is -0.389. The third-order valence-electron chi connectivity index (χ3n) is 3.56. The van der Waals surface area contributed by atoms with Crippen molar-refractivity contribution in [1.29, 1.82) is 0 Å². The van der Waals surface area contributed by atoms with Crippen LogP contribution in [-0.4, -0.2) is 52.8 Å². The number of carbonyl (C=O) groups is 1. The van der Waals surface area contributed by atoms with E-state index in [9.17, 15) is 4.79 Å². The van der Waals surface area contributed by atoms with Gasteiger partial charge in [0.15, 0.2) is 0 Å². The SMILES string of the molecule is CC(Cl)C(=O)N1CC2CCCN2CC1C. The van der Waals surface area contributed by atoms with Gasteiger partial charge in [0.2, 0.25) is 5.91 Å². The Labute approximate surface area is 96.4 Å². The molecule has 2 aliphatic rings. The topological polar surface area (TPSA) is 23.6 Å². The molecule has 2 heterocycles. The summed E-state index contributed by atoms with van der Waals surface area (Å²) in [5.74, 6) is 0.0933. The minimum Gasteiger partial charge on any atom is -0.336 e. The largest absolute Gasteiger partial charge is 0.336 e. The average Bonchev–Trinajstić information content (AvgIpc) is 2.62. The van der Waals surface area contributed by atoms with E-state index in [2.05, 4.69) is 11.8 Å². The summed E-state index contributed by atoms with van der Waals surface area (Å²) in [7, 11) is 0. The summed E-state index contributed by atoms with van der Waals surface area (Å²) < 4.78 is 0. The Balaban J connectivity index is 2.04. The number of carbonyl (C=O) groups excluding carboxylic acids is 1. The van der Waals surface area contributed by atoms with Crippen LogP contribution < -0.4 is 0 Å². The molecule has 0 aromatic heterocycles. The van der Waals surface area contributed by atoms with Crippen molar-refractivity contribution in [2.45, 2.75) is 44.1 Å². The highest BCUT2D eigenvalue weighted by atomic mass is 35.5. The Bertz CT molecular complexity index is 257. The molecule has 3 nitrogen and oxygen atoms in total. The van der Waals surface area contributed by atoms with Gasteiger partial charge in [0.05, 0.1) is 0 Å². The second-order valence-corrected chi connectivity index (χ2v) is 5.40. The first-order valence-corrected chi connectivity index (χ1v) is 6.22. The number of fused-ring (bicyclic) bond motifs is 1. The predicted molar refractivity (Wildman–Crippen MR) is 61.1 cm³/mol. The van der Waals surface area contributed by atoms with Crippen LogP contribution in [0.25, 0.3) is 0 Å². The van der Waals surface area contributed by atoms with E-state index in [1.807, 2.05) is 4.90 Å². The molecule has 2 saturated heterocycles. The first-order valence-electron chi connectivity index (χ1n) is 5.78. The van der Waals surface area contributed by atoms with E-state index in [4.69, 9.17) is 11.6 Å². The quantitative estimate of drug-likeness (QED) is 0.635. The molecule has 3 atom stereocenters. The number of alkyl halides is 1. The lowest BCUT2D eigenvalue weighted by atomic mass is 10.1. The smallest absolute Gasteiger partial charge is 0.240 e. The fourth-order valence-electron chi connectivity index (χ4n) is 2.72. The maximum atomic E-state index is 11.9. The number of hydrogen-bond acceptors (Lipinski definition) is 2. The van der Waals surface area contributed by atoms with Crippen molar-refractivity contribution in [1.82, 2.24) is 9.80 Å². The third-order valence-corrected chi connectivity index (χ3v) is 3.75. The molecule has 4 heteroatoms. The number of nitrogens with zero attached hydrogens (tertiary/aromatic N) is 2. The second-order valence-electron chi connectivity index (χ2n) is 4.75. The fourth-order valence-corrected chi connectivity index (χ4v) is 2.85. The van der Waals surface area contributed by atoms with Crippen LogP contribution >= 0.6 is 11.6 Å². The van der Waals surface area contributed by atoms with E-state index < -0.39 is 0 Å². The highest BCUT2D eigenvalue weighted by molar-refractivity contribution is 6.30. The zero-order chi connectivity index (χ0) is 11.0. The highest BCUT2D eigenvalue weighted by Crippen LogP contribution is 2.25. The number of hydrogen-bond donors (Lipinski definition) is 0. The molecular weight excluding hydrogens is 212 g/mol. The van der Waals surface area contributed by atoms with Crippen LogP contribution in [0.3, 0.4) is 0 Å². The zero-order valence-corrected chi connectivity index (χ0v) is 10.2. The standard InChI is InChI=1S/C11H19ClN2O/c1-8-6-13-5-3-4-10(13)7-14(8)11(15)9(2)12/h8-10H,3-7H2,1-2H3. The molecular formula is C11H19ClN2O. The minimum atomic E-state index is -0.389. The van der Waals surface area contributed by atoms with Crippen LogP contribution in [-0.2, 0) is 4.79 Å². The number of piperazine rings is 1. The summed E-state index contributed by atoms with van der Waals surface area (Å²) in [6.45, 7) is 6.97. The van der Waals surface area contributed by atoms with Crippen molar-refractivity contribution in [3.63, 3.8) is 0 Å². The zero-order valence-electron chi connectivity index (χ0n) is 9.45. The van der Waals surface area contributed by atoms with Crippen LogP contribution in [0.15, 0.2) is 0 Å². The number of halogens is 1. The van der Waals surface area contributed by atoms with Gasteiger partial charge in [-0.3, -0.25) is 9.69 Å². The van der Waals surface area contributed by atoms with Gasteiger partial charge >= 0.3 is 0 Å². The molecule has 0 radical (unpaired) electrons. The molecule has 0 spiro atoms. The van der Waals surface area contributed by atoms with Gasteiger partial charge in [0.1, 0.15) is 5.38 Å². The predicted octanol–water partition coefficient (Wildman–Crippen LogP) is 1.31. The third kappa shape index (κ3) is 2.13. The molecule has 1 amide bonds. The molecule has 0 saturated carbocycles. The van der Waals surface area contributed by atoms with Crippen molar-refractivity contribution >= 4 is 17.5 Å². The number of rotatable bonds is 1. The molecule has 0 aliphatic carbocycles. The van der Waals surface area contributed by atoms with Crippen LogP contribution in [0.1, 0.15) is 26.7 Å². The van der Waals surface area contributed by atoms with E-state index >= 15 is 0 Å². The first kappa shape index (κ1) is 11.2. The lowest BCUT2D eigenvalue weighted by molar-refractivity contribution is -0.136. The maximum absolute atomic E-state index is 11.9. The summed E-state index contributed by atoms with van der Waals surface area (Å²) in [6.07, 6.45) is 2.50. The van der Waals surface area contributed by atoms with Crippen LogP contribution in [0.4, 0.5) is 0 Å². The Kier molecular flexibility index (Phi) is 3.21. The van der Waals surface area contributed by atoms with Gasteiger partial charge in [-0.1, -0.05) is 0 Å². The summed E-state index contributed by atoms with van der Waals surface area (Å²) in [6, 6.07) is 0.897. The van der Waals surface area contributed by atoms with Gasteiger partial charge in [-0.05, 0) is 33.2 Å². The molecule has 2 fully saturated rings. The summed E-state index contributed by atoms with van der Waals surface area (Å²) in [5.41, 5.74) is 0. The van der Waals surface area contributed by atoms with Gasteiger partial charge in [0, 0.05) is 25.2 Å². The van der Waals surface area contributed by atoms with Crippen molar-refractivity contribution in [3.8, 4) is 0 Å². The summed E-state index contributed by atoms with van der Waals surface area (Å²) in [4.78, 5) is 16.3. The molecule has 15 heavy (non-hydrogen) atoms. The van der Waals surface area contributed by atoms with E-state index in [0.29, 0.717) is 12.1 Å². The Morgan fingerprint density at radius 3 is 2.87 bits per heavy atom. The van der Waals surface area contributed by atoms with Crippen molar-refractivity contribution in [2.75, 3.05) is 19.6 Å². The average molecular weight is 231 g/mol. The van der Waals surface area contributed by atoms with Crippen LogP contribution in [0.2, 0.25) is 0 Å². The van der Waals surface area contributed by atoms with Crippen LogP contribution in [0.5, 0.6) is 0 Å². The van der Waals surface area contributed by atoms with Crippen molar-refractivity contribution in [3.05, 3.63) is 0 Å². The summed E-state index contributed by atoms with van der Waals surface area (Å²) >= 11 is 5.86. The number of amides is 1. The van der Waals surface area contributed by atoms with E-state index in [-0.39, 0.29) is 11.3 Å². The first-order chi connectivity index (χ1) is 7.09. The van der Waals surface area contributed by atoms with Crippen molar-refractivity contribution < 1.29 is 4.79 Å². The van der Waals surface area contributed by atoms with Gasteiger partial charge in [-0.15, -0.1) is 11.6 Å². The monoisotopic (exact) mass is 230 g/mol. The van der Waals surface area contributed by atoms with Gasteiger partial charge in [-0.25, -0.2) is 0 Å². The normalized spacial score (nSPS) is 33.9. The van der Waals surface area contributed by atoms with E-state index in [0.717, 1.165) is 13.1 Å². The van der Waals surface area contributed by atoms with Crippen molar-refractivity contribution in [2.24, 2.45) is 0 Å². The molecule has 86 valence electrons. The molecule has 2 rings (SSSR count). The van der Waals surface area contributed by atoms with Gasteiger partial charge < -0.3 is 4.90 Å². The Morgan fingerprint density at radius 2 is 2.20 bits per heavy atom. The molecule has 2 aliphatic heterocycles. The molecule has 0 aromatic rings. The molecule has 0 N–H and O–H groups in total. The van der Waals surface area contributed by atoms with E-state index in [1.54, 1.807) is 6.92 Å². The lowest BCUT2D eigenvalue weighted by Crippen LogP contribution is -2.57. The highest BCUT2D eigenvalue weighted by Gasteiger charge is 2.37. The second kappa shape index (κ2) is 4.30. The molecule has 0 aromatic carbocycles. The minimum absolute atomic E-state index is 0.0933. The Morgan fingerprint density at radius 1 is 1.47 bits per heavy atom. The molecule has 3 unspecified atom stereocenters. The lowest BCUT2D eigenvalue weighted by Gasteiger charge is -2.42. The van der Waals surface area contributed by atoms with E-state index in [1.165, 1.54) is 19.4 Å². The van der Waals surface area contributed by atoms with Gasteiger partial charge in [0.25, 0.3) is 0 Å². The fraction of sp³-hybridized carbons (Fsp3) is 0.909.